The van der Waals surface area contributed by atoms with Gasteiger partial charge in [-0.1, -0.05) is 15.9 Å². The molecule has 1 aromatic rings. The molecule has 0 aromatic carbocycles. The number of halogens is 6. The second-order valence-electron chi connectivity index (χ2n) is 3.42. The second kappa shape index (κ2) is 5.81. The van der Waals surface area contributed by atoms with Crippen LogP contribution in [0.2, 0.25) is 0 Å². The zero-order valence-electron chi connectivity index (χ0n) is 8.98. The molecule has 0 N–H and O–H groups in total. The summed E-state index contributed by atoms with van der Waals surface area (Å²) in [6, 6.07) is 2.81. The van der Waals surface area contributed by atoms with Crippen LogP contribution in [0.4, 0.5) is 22.0 Å². The largest absolute Gasteiger partial charge is 0.485 e. The van der Waals surface area contributed by atoms with Crippen molar-refractivity contribution in [2.24, 2.45) is 0 Å². The third-order valence-corrected chi connectivity index (χ3v) is 2.38. The first kappa shape index (κ1) is 15.1. The van der Waals surface area contributed by atoms with Gasteiger partial charge in [-0.05, 0) is 18.6 Å². The van der Waals surface area contributed by atoms with Gasteiger partial charge in [0.2, 0.25) is 0 Å². The normalized spacial score (nSPS) is 12.6. The minimum atomic E-state index is -5.61. The Labute approximate surface area is 108 Å². The first-order chi connectivity index (χ1) is 8.26. The summed E-state index contributed by atoms with van der Waals surface area (Å²) in [5.74, 6) is -5.00. The van der Waals surface area contributed by atoms with E-state index in [0.29, 0.717) is 17.4 Å². The monoisotopic (exact) mass is 333 g/mol. The van der Waals surface area contributed by atoms with E-state index < -0.39 is 18.7 Å². The Hall–Kier alpha value is -0.920. The predicted molar refractivity (Wildman–Crippen MR) is 58.2 cm³/mol. The number of alkyl halides is 6. The van der Waals surface area contributed by atoms with Crippen LogP contribution in [-0.4, -0.2) is 29.0 Å². The highest BCUT2D eigenvalue weighted by molar-refractivity contribution is 9.09. The molecule has 1 rings (SSSR count). The van der Waals surface area contributed by atoms with Gasteiger partial charge in [-0.25, -0.2) is 0 Å². The summed E-state index contributed by atoms with van der Waals surface area (Å²) in [6.07, 6.45) is -3.88. The van der Waals surface area contributed by atoms with Crippen LogP contribution in [-0.2, 0) is 6.42 Å². The van der Waals surface area contributed by atoms with Crippen LogP contribution >= 0.6 is 15.9 Å². The summed E-state index contributed by atoms with van der Waals surface area (Å²) >= 11 is 3.19. The molecule has 0 saturated carbocycles. The highest BCUT2D eigenvalue weighted by Crippen LogP contribution is 2.35. The molecule has 0 aliphatic heterocycles. The fourth-order valence-electron chi connectivity index (χ4n) is 0.997. The highest BCUT2D eigenvalue weighted by Gasteiger charge is 2.58. The lowest BCUT2D eigenvalue weighted by atomic mass is 10.3. The molecule has 18 heavy (non-hydrogen) atoms. The van der Waals surface area contributed by atoms with Gasteiger partial charge >= 0.3 is 12.1 Å². The molecule has 1 aromatic heterocycles. The molecule has 0 spiro atoms. The quantitative estimate of drug-likeness (QED) is 0.606. The van der Waals surface area contributed by atoms with E-state index in [4.69, 9.17) is 0 Å². The van der Waals surface area contributed by atoms with Gasteiger partial charge in [-0.3, -0.25) is 4.98 Å². The molecule has 0 aliphatic rings. The lowest BCUT2D eigenvalue weighted by Crippen LogP contribution is -2.41. The number of nitrogens with zero attached hydrogens (tertiary/aromatic N) is 1. The van der Waals surface area contributed by atoms with Gasteiger partial charge in [0.25, 0.3) is 0 Å². The number of aromatic nitrogens is 1. The topological polar surface area (TPSA) is 22.1 Å². The maximum Gasteiger partial charge on any atom is 0.456 e. The van der Waals surface area contributed by atoms with E-state index in [1.807, 2.05) is 0 Å². The van der Waals surface area contributed by atoms with Crippen molar-refractivity contribution in [3.8, 4) is 5.75 Å². The van der Waals surface area contributed by atoms with Gasteiger partial charge in [-0.2, -0.15) is 22.0 Å². The Morgan fingerprint density at radius 2 is 1.83 bits per heavy atom. The van der Waals surface area contributed by atoms with E-state index in [0.717, 1.165) is 6.20 Å². The summed E-state index contributed by atoms with van der Waals surface area (Å²) < 4.78 is 65.0. The van der Waals surface area contributed by atoms with Crippen molar-refractivity contribution >= 4 is 15.9 Å². The number of pyridine rings is 1. The van der Waals surface area contributed by atoms with Crippen molar-refractivity contribution in [3.05, 3.63) is 24.0 Å². The average molecular weight is 334 g/mol. The zero-order valence-corrected chi connectivity index (χ0v) is 10.6. The molecule has 2 nitrogen and oxygen atoms in total. The van der Waals surface area contributed by atoms with Gasteiger partial charge < -0.3 is 4.74 Å². The fraction of sp³-hybridized carbons (Fsp3) is 0.500. The smallest absolute Gasteiger partial charge is 0.456 e. The lowest BCUT2D eigenvalue weighted by Gasteiger charge is -2.19. The Morgan fingerprint density at radius 3 is 2.28 bits per heavy atom. The van der Waals surface area contributed by atoms with Crippen molar-refractivity contribution in [2.45, 2.75) is 18.5 Å². The van der Waals surface area contributed by atoms with Crippen molar-refractivity contribution in [2.75, 3.05) is 11.9 Å². The van der Waals surface area contributed by atoms with Crippen LogP contribution in [0.25, 0.3) is 0 Å². The zero-order chi connectivity index (χ0) is 13.8. The maximum atomic E-state index is 12.5. The molecule has 0 aliphatic carbocycles. The molecule has 102 valence electrons. The van der Waals surface area contributed by atoms with Gasteiger partial charge in [0.05, 0.1) is 6.20 Å². The second-order valence-corrected chi connectivity index (χ2v) is 4.21. The molecule has 0 radical (unpaired) electrons. The predicted octanol–water partition coefficient (Wildman–Crippen LogP) is 3.60. The Morgan fingerprint density at radius 1 is 1.17 bits per heavy atom. The number of aryl methyl sites for hydroxylation is 1. The maximum absolute atomic E-state index is 12.5. The van der Waals surface area contributed by atoms with Gasteiger partial charge in [0.1, 0.15) is 5.75 Å². The molecule has 0 saturated heterocycles. The molecule has 0 bridgehead atoms. The SMILES string of the molecule is FC(F)(F)C(F)(F)COc1ccc(CCBr)nc1. The summed E-state index contributed by atoms with van der Waals surface area (Å²) in [7, 11) is 0. The van der Waals surface area contributed by atoms with Crippen LogP contribution in [0.1, 0.15) is 5.69 Å². The summed E-state index contributed by atoms with van der Waals surface area (Å²) in [4.78, 5) is 3.85. The molecule has 0 unspecified atom stereocenters. The van der Waals surface area contributed by atoms with E-state index >= 15 is 0 Å². The minimum absolute atomic E-state index is 0.128. The van der Waals surface area contributed by atoms with Crippen molar-refractivity contribution in [3.63, 3.8) is 0 Å². The van der Waals surface area contributed by atoms with Crippen molar-refractivity contribution in [1.29, 1.82) is 0 Å². The van der Waals surface area contributed by atoms with Crippen molar-refractivity contribution < 1.29 is 26.7 Å². The van der Waals surface area contributed by atoms with Crippen LogP contribution in [0.3, 0.4) is 0 Å². The van der Waals surface area contributed by atoms with Crippen molar-refractivity contribution in [1.82, 2.24) is 4.98 Å². The number of hydrogen-bond donors (Lipinski definition) is 0. The molecule has 8 heteroatoms. The van der Waals surface area contributed by atoms with Crippen LogP contribution < -0.4 is 4.74 Å². The molecular formula is C10H9BrF5NO. The number of rotatable bonds is 5. The van der Waals surface area contributed by atoms with E-state index in [2.05, 4.69) is 25.7 Å². The van der Waals surface area contributed by atoms with Crippen LogP contribution in [0.15, 0.2) is 18.3 Å². The standard InChI is InChI=1S/C10H9BrF5NO/c11-4-3-7-1-2-8(5-17-7)18-6-9(12,13)10(14,15)16/h1-2,5H,3-4,6H2. The van der Waals surface area contributed by atoms with E-state index in [-0.39, 0.29) is 5.75 Å². The van der Waals surface area contributed by atoms with Gasteiger partial charge in [0, 0.05) is 11.0 Å². The van der Waals surface area contributed by atoms with Gasteiger partial charge in [0.15, 0.2) is 6.61 Å². The summed E-state index contributed by atoms with van der Waals surface area (Å²) in [5, 5.41) is 0.673. The Bertz CT molecular complexity index is 379. The minimum Gasteiger partial charge on any atom is -0.485 e. The molecule has 0 fully saturated rings. The third kappa shape index (κ3) is 4.08. The highest BCUT2D eigenvalue weighted by atomic mass is 79.9. The first-order valence-electron chi connectivity index (χ1n) is 4.84. The molecule has 1 heterocycles. The van der Waals surface area contributed by atoms with Gasteiger partial charge in [-0.15, -0.1) is 0 Å². The summed E-state index contributed by atoms with van der Waals surface area (Å²) in [6.45, 7) is -1.75. The molecular weight excluding hydrogens is 325 g/mol. The Kier molecular flexibility index (Phi) is 4.89. The number of hydrogen-bond acceptors (Lipinski definition) is 2. The van der Waals surface area contributed by atoms with Crippen LogP contribution in [0.5, 0.6) is 5.75 Å². The first-order valence-corrected chi connectivity index (χ1v) is 5.96. The Balaban J connectivity index is 2.59. The average Bonchev–Trinajstić information content (AvgIpc) is 2.27. The van der Waals surface area contributed by atoms with E-state index in [1.54, 1.807) is 0 Å². The summed E-state index contributed by atoms with van der Waals surface area (Å²) in [5.41, 5.74) is 0.682. The molecule has 0 atom stereocenters. The third-order valence-electron chi connectivity index (χ3n) is 1.98. The van der Waals surface area contributed by atoms with Crippen LogP contribution in [0, 0.1) is 0 Å². The fourth-order valence-corrected chi connectivity index (χ4v) is 1.40. The molecule has 0 amide bonds. The van der Waals surface area contributed by atoms with E-state index in [9.17, 15) is 22.0 Å². The lowest BCUT2D eigenvalue weighted by molar-refractivity contribution is -0.290. The number of ether oxygens (including phenoxy) is 1. The van der Waals surface area contributed by atoms with E-state index in [1.165, 1.54) is 12.1 Å².